The van der Waals surface area contributed by atoms with Crippen LogP contribution in [0.4, 0.5) is 0 Å². The first-order valence-electron chi connectivity index (χ1n) is 4.40. The van der Waals surface area contributed by atoms with Crippen molar-refractivity contribution in [2.24, 2.45) is 5.41 Å². The molecule has 0 aromatic rings. The van der Waals surface area contributed by atoms with Crippen molar-refractivity contribution >= 4 is 0 Å². The molecule has 0 aromatic carbocycles. The predicted octanol–water partition coefficient (Wildman–Crippen LogP) is 3.70. The van der Waals surface area contributed by atoms with Crippen LogP contribution in [0.15, 0.2) is 23.8 Å². The molecule has 0 nitrogen and oxygen atoms in total. The van der Waals surface area contributed by atoms with Crippen molar-refractivity contribution in [3.8, 4) is 0 Å². The second-order valence-electron chi connectivity index (χ2n) is 4.09. The van der Waals surface area contributed by atoms with Crippen molar-refractivity contribution in [2.75, 3.05) is 0 Å². The summed E-state index contributed by atoms with van der Waals surface area (Å²) in [6.07, 6.45) is 5.91. The van der Waals surface area contributed by atoms with Gasteiger partial charge < -0.3 is 0 Å². The fourth-order valence-electron chi connectivity index (χ4n) is 1.79. The molecule has 0 N–H and O–H groups in total. The Labute approximate surface area is 70.0 Å². The monoisotopic (exact) mass is 150 g/mol. The molecule has 0 unspecified atom stereocenters. The molecule has 0 heteroatoms. The second kappa shape index (κ2) is 2.84. The molecule has 0 radical (unpaired) electrons. The molecule has 0 aromatic heterocycles. The van der Waals surface area contributed by atoms with E-state index in [0.29, 0.717) is 5.41 Å². The maximum atomic E-state index is 3.84. The highest BCUT2D eigenvalue weighted by atomic mass is 14.3. The van der Waals surface area contributed by atoms with Crippen LogP contribution >= 0.6 is 0 Å². The Bertz CT molecular complexity index is 194. The average Bonchev–Trinajstić information content (AvgIpc) is 1.95. The smallest absolute Gasteiger partial charge is 0.0142 e. The van der Waals surface area contributed by atoms with E-state index < -0.39 is 0 Å². The van der Waals surface area contributed by atoms with Gasteiger partial charge in [-0.1, -0.05) is 32.1 Å². The molecule has 1 aliphatic rings. The summed E-state index contributed by atoms with van der Waals surface area (Å²) >= 11 is 0. The highest BCUT2D eigenvalue weighted by Crippen LogP contribution is 2.39. The van der Waals surface area contributed by atoms with Gasteiger partial charge in [0.1, 0.15) is 0 Å². The average molecular weight is 150 g/mol. The van der Waals surface area contributed by atoms with E-state index in [1.54, 1.807) is 5.57 Å². The summed E-state index contributed by atoms with van der Waals surface area (Å²) in [7, 11) is 0. The van der Waals surface area contributed by atoms with E-state index in [1.807, 2.05) is 6.08 Å². The van der Waals surface area contributed by atoms with E-state index in [0.717, 1.165) is 0 Å². The lowest BCUT2D eigenvalue weighted by atomic mass is 9.73. The minimum atomic E-state index is 0.418. The number of rotatable bonds is 1. The second-order valence-corrected chi connectivity index (χ2v) is 4.09. The van der Waals surface area contributed by atoms with Gasteiger partial charge in [0.15, 0.2) is 0 Å². The Hall–Kier alpha value is -0.520. The molecule has 0 fully saturated rings. The van der Waals surface area contributed by atoms with Crippen LogP contribution in [0.25, 0.3) is 0 Å². The van der Waals surface area contributed by atoms with Gasteiger partial charge in [-0.3, -0.25) is 0 Å². The maximum absolute atomic E-state index is 3.84. The van der Waals surface area contributed by atoms with Crippen LogP contribution in [0.3, 0.4) is 0 Å². The van der Waals surface area contributed by atoms with Crippen LogP contribution in [0.5, 0.6) is 0 Å². The molecule has 0 bridgehead atoms. The van der Waals surface area contributed by atoms with Crippen molar-refractivity contribution in [2.45, 2.75) is 40.0 Å². The summed E-state index contributed by atoms with van der Waals surface area (Å²) in [5.41, 5.74) is 3.43. The lowest BCUT2D eigenvalue weighted by Crippen LogP contribution is -2.18. The van der Waals surface area contributed by atoms with Gasteiger partial charge in [0.05, 0.1) is 0 Å². The predicted molar refractivity (Wildman–Crippen MR) is 50.5 cm³/mol. The lowest BCUT2D eigenvalue weighted by molar-refractivity contribution is 0.370. The van der Waals surface area contributed by atoms with Crippen LogP contribution in [-0.4, -0.2) is 0 Å². The minimum absolute atomic E-state index is 0.418. The van der Waals surface area contributed by atoms with Crippen LogP contribution in [0, 0.1) is 5.41 Å². The van der Waals surface area contributed by atoms with E-state index in [9.17, 15) is 0 Å². The van der Waals surface area contributed by atoms with Gasteiger partial charge in [-0.15, -0.1) is 0 Å². The molecule has 0 saturated carbocycles. The van der Waals surface area contributed by atoms with E-state index in [1.165, 1.54) is 24.8 Å². The van der Waals surface area contributed by atoms with Gasteiger partial charge in [0.25, 0.3) is 0 Å². The van der Waals surface area contributed by atoms with Crippen LogP contribution < -0.4 is 0 Å². The van der Waals surface area contributed by atoms with Gasteiger partial charge in [-0.25, -0.2) is 0 Å². The molecule has 62 valence electrons. The van der Waals surface area contributed by atoms with Crippen LogP contribution in [0.1, 0.15) is 40.0 Å². The van der Waals surface area contributed by atoms with Crippen LogP contribution in [0.2, 0.25) is 0 Å². The highest BCUT2D eigenvalue weighted by Gasteiger charge is 2.25. The Morgan fingerprint density at radius 2 is 2.09 bits per heavy atom. The van der Waals surface area contributed by atoms with Crippen LogP contribution in [-0.2, 0) is 0 Å². The molecule has 1 aliphatic carbocycles. The molecule has 0 heterocycles. The standard InChI is InChI=1S/C11H18/c1-5-10-7-6-8-11(3,4)9(10)2/h5H,1,6-8H2,2-4H3. The third-order valence-electron chi connectivity index (χ3n) is 2.99. The molecular weight excluding hydrogens is 132 g/mol. The minimum Gasteiger partial charge on any atom is -0.0988 e. The molecule has 11 heavy (non-hydrogen) atoms. The fraction of sp³-hybridized carbons (Fsp3) is 0.636. The highest BCUT2D eigenvalue weighted by molar-refractivity contribution is 5.29. The van der Waals surface area contributed by atoms with E-state index in [-0.39, 0.29) is 0 Å². The largest absolute Gasteiger partial charge is 0.0988 e. The van der Waals surface area contributed by atoms with Gasteiger partial charge in [0, 0.05) is 0 Å². The Balaban J connectivity index is 2.98. The zero-order valence-corrected chi connectivity index (χ0v) is 7.91. The van der Waals surface area contributed by atoms with Gasteiger partial charge >= 0.3 is 0 Å². The molecular formula is C11H18. The van der Waals surface area contributed by atoms with E-state index in [2.05, 4.69) is 27.4 Å². The number of allylic oxidation sites excluding steroid dienone is 3. The first-order chi connectivity index (χ1) is 5.08. The topological polar surface area (TPSA) is 0 Å². The van der Waals surface area contributed by atoms with Crippen molar-refractivity contribution in [1.82, 2.24) is 0 Å². The summed E-state index contributed by atoms with van der Waals surface area (Å²) in [6.45, 7) is 10.7. The third-order valence-corrected chi connectivity index (χ3v) is 2.99. The molecule has 1 rings (SSSR count). The van der Waals surface area contributed by atoms with Crippen molar-refractivity contribution in [3.63, 3.8) is 0 Å². The third kappa shape index (κ3) is 1.55. The molecule has 0 saturated heterocycles. The van der Waals surface area contributed by atoms with Gasteiger partial charge in [-0.2, -0.15) is 0 Å². The Kier molecular flexibility index (Phi) is 2.22. The fourth-order valence-corrected chi connectivity index (χ4v) is 1.79. The first-order valence-corrected chi connectivity index (χ1v) is 4.40. The molecule has 0 spiro atoms. The first kappa shape index (κ1) is 8.58. The maximum Gasteiger partial charge on any atom is -0.0142 e. The normalized spacial score (nSPS) is 23.5. The van der Waals surface area contributed by atoms with Crippen molar-refractivity contribution in [1.29, 1.82) is 0 Å². The summed E-state index contributed by atoms with van der Waals surface area (Å²) in [4.78, 5) is 0. The molecule has 0 atom stereocenters. The van der Waals surface area contributed by atoms with Gasteiger partial charge in [0.2, 0.25) is 0 Å². The van der Waals surface area contributed by atoms with E-state index >= 15 is 0 Å². The zero-order valence-electron chi connectivity index (χ0n) is 7.91. The molecule has 0 aliphatic heterocycles. The SMILES string of the molecule is C=CC1=C(C)C(C)(C)CCC1. The number of hydrogen-bond acceptors (Lipinski definition) is 0. The lowest BCUT2D eigenvalue weighted by Gasteiger charge is -2.32. The summed E-state index contributed by atoms with van der Waals surface area (Å²) in [5.74, 6) is 0. The van der Waals surface area contributed by atoms with E-state index in [4.69, 9.17) is 0 Å². The summed E-state index contributed by atoms with van der Waals surface area (Å²) in [5, 5.41) is 0. The number of hydrogen-bond donors (Lipinski definition) is 0. The Morgan fingerprint density at radius 1 is 1.45 bits per heavy atom. The summed E-state index contributed by atoms with van der Waals surface area (Å²) in [6, 6.07) is 0. The van der Waals surface area contributed by atoms with Gasteiger partial charge in [-0.05, 0) is 37.2 Å². The molecule has 0 amide bonds. The summed E-state index contributed by atoms with van der Waals surface area (Å²) < 4.78 is 0. The zero-order chi connectivity index (χ0) is 8.48. The van der Waals surface area contributed by atoms with Crippen molar-refractivity contribution in [3.05, 3.63) is 23.8 Å². The Morgan fingerprint density at radius 3 is 2.55 bits per heavy atom. The quantitative estimate of drug-likeness (QED) is 0.534. The van der Waals surface area contributed by atoms with Crippen molar-refractivity contribution < 1.29 is 0 Å².